The molecule has 0 spiro atoms. The Morgan fingerprint density at radius 2 is 1.59 bits per heavy atom. The van der Waals surface area contributed by atoms with Crippen molar-refractivity contribution in [1.29, 1.82) is 0 Å². The van der Waals surface area contributed by atoms with Gasteiger partial charge in [0.1, 0.15) is 6.61 Å². The molecule has 1 aliphatic heterocycles. The quantitative estimate of drug-likeness (QED) is 0.132. The van der Waals surface area contributed by atoms with Gasteiger partial charge < -0.3 is 13.6 Å². The maximum atomic E-state index is 14.9. The molecule has 1 amide bonds. The van der Waals surface area contributed by atoms with Gasteiger partial charge in [0.25, 0.3) is 15.9 Å². The average molecular weight is 658 g/mol. The summed E-state index contributed by atoms with van der Waals surface area (Å²) < 4.78 is 48.9. The Labute approximate surface area is 265 Å². The van der Waals surface area contributed by atoms with Gasteiger partial charge in [-0.15, -0.1) is 0 Å². The lowest BCUT2D eigenvalue weighted by Crippen LogP contribution is -2.71. The first kappa shape index (κ1) is 34.3. The van der Waals surface area contributed by atoms with Crippen molar-refractivity contribution in [2.45, 2.75) is 95.6 Å². The lowest BCUT2D eigenvalue weighted by molar-refractivity contribution is -0.187. The summed E-state index contributed by atoms with van der Waals surface area (Å²) in [5, 5.41) is -0.204. The van der Waals surface area contributed by atoms with Crippen LogP contribution in [0.5, 0.6) is 0 Å². The van der Waals surface area contributed by atoms with Crippen molar-refractivity contribution in [1.82, 2.24) is 4.31 Å². The second-order valence-corrected chi connectivity index (χ2v) is 25.5. The number of esters is 1. The zero-order chi connectivity index (χ0) is 32.7. The van der Waals surface area contributed by atoms with Crippen LogP contribution in [0, 0.1) is 18.3 Å². The molecule has 0 unspecified atom stereocenters. The molecule has 1 saturated heterocycles. The van der Waals surface area contributed by atoms with Crippen LogP contribution in [0.15, 0.2) is 71.6 Å². The molecule has 0 N–H and O–H groups in total. The van der Waals surface area contributed by atoms with E-state index in [1.165, 1.54) is 12.1 Å². The number of allylic oxidation sites excluding steroid dienone is 1. The number of carbonyl (C=O) groups is 2. The number of carbonyl (C=O) groups excluding carboxylic acids is 2. The fourth-order valence-corrected chi connectivity index (χ4v) is 9.46. The van der Waals surface area contributed by atoms with Gasteiger partial charge in [0, 0.05) is 5.92 Å². The van der Waals surface area contributed by atoms with Gasteiger partial charge in [-0.05, 0) is 68.8 Å². The predicted octanol–water partition coefficient (Wildman–Crippen LogP) is 6.44. The first-order chi connectivity index (χ1) is 20.3. The Balaban J connectivity index is 1.92. The highest BCUT2D eigenvalue weighted by molar-refractivity contribution is 7.89. The van der Waals surface area contributed by atoms with Crippen molar-refractivity contribution < 1.29 is 31.6 Å². The van der Waals surface area contributed by atoms with Gasteiger partial charge in [-0.25, -0.2) is 12.7 Å². The molecule has 4 atom stereocenters. The molecular weight excluding hydrogens is 611 g/mol. The molecular formula is C33H47NO7SSi2. The summed E-state index contributed by atoms with van der Waals surface area (Å²) in [5.74, 6) is -2.32. The molecule has 2 aliphatic rings. The molecule has 11 heteroatoms. The van der Waals surface area contributed by atoms with Crippen molar-refractivity contribution in [3.05, 3.63) is 77.9 Å². The Morgan fingerprint density at radius 1 is 0.977 bits per heavy atom. The summed E-state index contributed by atoms with van der Waals surface area (Å²) in [6.45, 7) is 18.0. The van der Waals surface area contributed by atoms with E-state index >= 15 is 0 Å². The molecule has 1 heterocycles. The summed E-state index contributed by atoms with van der Waals surface area (Å²) >= 11 is 0. The van der Waals surface area contributed by atoms with Gasteiger partial charge in [-0.3, -0.25) is 9.59 Å². The standard InChI is InChI=1S/C33H47NO7SSi2/c1-24-18-20-26(21-19-24)42(37,38)34-22-28(40-44(8,9)32(2,3)4)27-16-13-17-29(41-43(5,6)7)33(27,30(34)35)31(36)39-23-25-14-11-10-12-15-25/h10-15,17-21,27-29H,16,22-23H2,1-9H3/t27-,28-,29-,33-/m1/s1. The zero-order valence-electron chi connectivity index (χ0n) is 27.4. The van der Waals surface area contributed by atoms with Gasteiger partial charge in [-0.1, -0.05) is 81.0 Å². The number of benzene rings is 2. The third kappa shape index (κ3) is 6.67. The molecule has 0 radical (unpaired) electrons. The molecule has 240 valence electrons. The second kappa shape index (κ2) is 12.3. The topological polar surface area (TPSA) is 99.2 Å². The van der Waals surface area contributed by atoms with E-state index < -0.39 is 62.1 Å². The monoisotopic (exact) mass is 657 g/mol. The number of rotatable bonds is 9. The van der Waals surface area contributed by atoms with Crippen LogP contribution in [0.1, 0.15) is 38.3 Å². The summed E-state index contributed by atoms with van der Waals surface area (Å²) in [4.78, 5) is 29.5. The number of amides is 1. The number of sulfonamides is 1. The number of hydrogen-bond acceptors (Lipinski definition) is 7. The minimum absolute atomic E-state index is 0.0252. The van der Waals surface area contributed by atoms with Gasteiger partial charge >= 0.3 is 5.97 Å². The van der Waals surface area contributed by atoms with Crippen LogP contribution < -0.4 is 0 Å². The Morgan fingerprint density at radius 3 is 2.16 bits per heavy atom. The zero-order valence-corrected chi connectivity index (χ0v) is 30.2. The maximum Gasteiger partial charge on any atom is 0.325 e. The number of fused-ring (bicyclic) bond motifs is 1. The van der Waals surface area contributed by atoms with Gasteiger partial charge in [0.05, 0.1) is 23.6 Å². The first-order valence-electron chi connectivity index (χ1n) is 15.2. The molecule has 2 aromatic carbocycles. The minimum atomic E-state index is -4.37. The molecule has 0 aromatic heterocycles. The Bertz CT molecular complexity index is 1500. The summed E-state index contributed by atoms with van der Waals surface area (Å²) in [5.41, 5.74) is -0.327. The van der Waals surface area contributed by atoms with Crippen LogP contribution in [0.2, 0.25) is 37.8 Å². The lowest BCUT2D eigenvalue weighted by Gasteiger charge is -2.54. The minimum Gasteiger partial charge on any atom is -0.460 e. The Kier molecular flexibility index (Phi) is 9.60. The fraction of sp³-hybridized carbons (Fsp3) is 0.515. The third-order valence-electron chi connectivity index (χ3n) is 9.00. The van der Waals surface area contributed by atoms with Crippen molar-refractivity contribution >= 4 is 38.5 Å². The van der Waals surface area contributed by atoms with Crippen LogP contribution >= 0.6 is 0 Å². The van der Waals surface area contributed by atoms with E-state index in [9.17, 15) is 18.0 Å². The van der Waals surface area contributed by atoms with Crippen LogP contribution in [-0.2, 0) is 39.8 Å². The van der Waals surface area contributed by atoms with E-state index in [4.69, 9.17) is 13.6 Å². The van der Waals surface area contributed by atoms with Crippen LogP contribution in [-0.4, -0.2) is 60.0 Å². The molecule has 1 fully saturated rings. The normalized spacial score (nSPS) is 24.6. The van der Waals surface area contributed by atoms with Crippen molar-refractivity contribution in [3.63, 3.8) is 0 Å². The number of nitrogens with zero attached hydrogens (tertiary/aromatic N) is 1. The summed E-state index contributed by atoms with van der Waals surface area (Å²) in [6, 6.07) is 15.6. The molecule has 44 heavy (non-hydrogen) atoms. The average Bonchev–Trinajstić information content (AvgIpc) is 2.92. The van der Waals surface area contributed by atoms with Gasteiger partial charge in [-0.2, -0.15) is 0 Å². The molecule has 2 aromatic rings. The maximum absolute atomic E-state index is 14.9. The summed E-state index contributed by atoms with van der Waals surface area (Å²) in [7, 11) is -9.26. The molecule has 4 rings (SSSR count). The van der Waals surface area contributed by atoms with Crippen LogP contribution in [0.4, 0.5) is 0 Å². The SMILES string of the molecule is Cc1ccc(S(=O)(=O)N2C[C@@H](O[Si](C)(C)C(C)(C)C)[C@H]3CC=C[C@@H](O[Si](C)(C)C)[C@@]3(C(=O)OCc3ccccc3)C2=O)cc1. The highest BCUT2D eigenvalue weighted by Crippen LogP contribution is 2.51. The number of piperidine rings is 1. The van der Waals surface area contributed by atoms with E-state index in [0.717, 1.165) is 15.4 Å². The highest BCUT2D eigenvalue weighted by atomic mass is 32.2. The number of hydrogen-bond donors (Lipinski definition) is 0. The third-order valence-corrected chi connectivity index (χ3v) is 16.2. The molecule has 0 saturated carbocycles. The second-order valence-electron chi connectivity index (χ2n) is 14.4. The Hall–Kier alpha value is -2.58. The van der Waals surface area contributed by atoms with E-state index in [-0.39, 0.29) is 23.1 Å². The van der Waals surface area contributed by atoms with Gasteiger partial charge in [0.15, 0.2) is 22.0 Å². The largest absolute Gasteiger partial charge is 0.460 e. The number of ether oxygens (including phenoxy) is 1. The van der Waals surface area contributed by atoms with Crippen molar-refractivity contribution in [2.24, 2.45) is 11.3 Å². The smallest absolute Gasteiger partial charge is 0.325 e. The first-order valence-corrected chi connectivity index (χ1v) is 22.9. The lowest BCUT2D eigenvalue weighted by atomic mass is 9.62. The van der Waals surface area contributed by atoms with E-state index in [0.29, 0.717) is 6.42 Å². The number of aryl methyl sites for hydroxylation is 1. The van der Waals surface area contributed by atoms with E-state index in [1.807, 2.05) is 63.0 Å². The molecule has 1 aliphatic carbocycles. The van der Waals surface area contributed by atoms with Gasteiger partial charge in [0.2, 0.25) is 0 Å². The van der Waals surface area contributed by atoms with Crippen LogP contribution in [0.25, 0.3) is 0 Å². The van der Waals surface area contributed by atoms with Crippen LogP contribution in [0.3, 0.4) is 0 Å². The van der Waals surface area contributed by atoms with E-state index in [1.54, 1.807) is 18.2 Å². The van der Waals surface area contributed by atoms with Crippen molar-refractivity contribution in [2.75, 3.05) is 6.54 Å². The molecule has 8 nitrogen and oxygen atoms in total. The summed E-state index contributed by atoms with van der Waals surface area (Å²) in [6.07, 6.45) is 2.23. The van der Waals surface area contributed by atoms with E-state index in [2.05, 4.69) is 33.9 Å². The van der Waals surface area contributed by atoms with Crippen molar-refractivity contribution in [3.8, 4) is 0 Å². The predicted molar refractivity (Wildman–Crippen MR) is 176 cm³/mol. The molecule has 0 bridgehead atoms. The highest BCUT2D eigenvalue weighted by Gasteiger charge is 2.68. The fourth-order valence-electron chi connectivity index (χ4n) is 5.63.